The van der Waals surface area contributed by atoms with Gasteiger partial charge in [0.1, 0.15) is 0 Å². The molecule has 1 aliphatic rings. The van der Waals surface area contributed by atoms with Gasteiger partial charge in [0.25, 0.3) is 5.91 Å². The second-order valence-electron chi connectivity index (χ2n) is 5.79. The smallest absolute Gasteiger partial charge is 0.253 e. The van der Waals surface area contributed by atoms with Crippen LogP contribution in [-0.2, 0) is 0 Å². The number of nitrogens with one attached hydrogen (secondary N) is 1. The molecule has 0 spiro atoms. The molecule has 1 atom stereocenters. The van der Waals surface area contributed by atoms with Crippen LogP contribution in [0.25, 0.3) is 10.9 Å². The van der Waals surface area contributed by atoms with E-state index < -0.39 is 0 Å². The van der Waals surface area contributed by atoms with Gasteiger partial charge in [-0.15, -0.1) is 0 Å². The Balaban J connectivity index is 1.80. The molecule has 0 saturated carbocycles. The van der Waals surface area contributed by atoms with Crippen LogP contribution in [0.4, 0.5) is 0 Å². The molecule has 20 heavy (non-hydrogen) atoms. The number of carbonyl (C=O) groups is 1. The number of H-pyrrole nitrogens is 1. The molecule has 1 fully saturated rings. The third-order valence-corrected chi connectivity index (χ3v) is 4.22. The number of aromatic nitrogens is 1. The quantitative estimate of drug-likeness (QED) is 0.910. The number of aromatic amines is 1. The second kappa shape index (κ2) is 5.29. The zero-order chi connectivity index (χ0) is 14.1. The molecular formula is C16H21N3O. The lowest BCUT2D eigenvalue weighted by Gasteiger charge is -2.36. The van der Waals surface area contributed by atoms with E-state index in [9.17, 15) is 4.79 Å². The molecule has 0 radical (unpaired) electrons. The van der Waals surface area contributed by atoms with Gasteiger partial charge in [-0.1, -0.05) is 6.07 Å². The van der Waals surface area contributed by atoms with Crippen molar-refractivity contribution in [2.75, 3.05) is 27.2 Å². The first-order valence-electron chi connectivity index (χ1n) is 7.18. The molecule has 1 N–H and O–H groups in total. The summed E-state index contributed by atoms with van der Waals surface area (Å²) in [4.78, 5) is 20.0. The van der Waals surface area contributed by atoms with Gasteiger partial charge in [-0.3, -0.25) is 4.79 Å². The Morgan fingerprint density at radius 1 is 1.35 bits per heavy atom. The van der Waals surface area contributed by atoms with Crippen LogP contribution in [0.1, 0.15) is 23.2 Å². The summed E-state index contributed by atoms with van der Waals surface area (Å²) >= 11 is 0. The normalized spacial score (nSPS) is 19.8. The van der Waals surface area contributed by atoms with Crippen molar-refractivity contribution in [1.29, 1.82) is 0 Å². The van der Waals surface area contributed by atoms with E-state index in [-0.39, 0.29) is 5.91 Å². The summed E-state index contributed by atoms with van der Waals surface area (Å²) in [5, 5.41) is 1.14. The van der Waals surface area contributed by atoms with Crippen molar-refractivity contribution < 1.29 is 4.79 Å². The molecule has 1 aliphatic heterocycles. The molecule has 1 unspecified atom stereocenters. The minimum atomic E-state index is 0.146. The number of hydrogen-bond donors (Lipinski definition) is 1. The van der Waals surface area contributed by atoms with Crippen LogP contribution in [-0.4, -0.2) is 53.9 Å². The molecule has 1 aromatic heterocycles. The lowest BCUT2D eigenvalue weighted by Crippen LogP contribution is -2.47. The summed E-state index contributed by atoms with van der Waals surface area (Å²) in [7, 11) is 4.17. The SMILES string of the molecule is CN(C)C1CCCN(C(=O)c2ccc3cc[nH]c3c2)C1. The van der Waals surface area contributed by atoms with Crippen LogP contribution < -0.4 is 0 Å². The number of carbonyl (C=O) groups excluding carboxylic acids is 1. The number of benzene rings is 1. The maximum absolute atomic E-state index is 12.6. The summed E-state index contributed by atoms with van der Waals surface area (Å²) in [6, 6.07) is 8.38. The van der Waals surface area contributed by atoms with Crippen LogP contribution in [0.5, 0.6) is 0 Å². The number of piperidine rings is 1. The molecule has 0 aliphatic carbocycles. The topological polar surface area (TPSA) is 39.3 Å². The van der Waals surface area contributed by atoms with Crippen molar-refractivity contribution in [3.63, 3.8) is 0 Å². The third-order valence-electron chi connectivity index (χ3n) is 4.22. The van der Waals surface area contributed by atoms with Crippen molar-refractivity contribution in [3.8, 4) is 0 Å². The van der Waals surface area contributed by atoms with Crippen LogP contribution >= 0.6 is 0 Å². The minimum Gasteiger partial charge on any atom is -0.361 e. The summed E-state index contributed by atoms with van der Waals surface area (Å²) in [5.74, 6) is 0.146. The van der Waals surface area contributed by atoms with E-state index >= 15 is 0 Å². The number of likely N-dealkylation sites (N-methyl/N-ethyl adjacent to an activating group) is 1. The van der Waals surface area contributed by atoms with Gasteiger partial charge in [-0.25, -0.2) is 0 Å². The zero-order valence-corrected chi connectivity index (χ0v) is 12.1. The van der Waals surface area contributed by atoms with E-state index in [1.165, 1.54) is 6.42 Å². The fourth-order valence-corrected chi connectivity index (χ4v) is 2.92. The molecule has 1 aromatic carbocycles. The number of nitrogens with zero attached hydrogens (tertiary/aromatic N) is 2. The van der Waals surface area contributed by atoms with Crippen LogP contribution in [0.15, 0.2) is 30.5 Å². The highest BCUT2D eigenvalue weighted by molar-refractivity contribution is 5.98. The molecule has 2 heterocycles. The van der Waals surface area contributed by atoms with E-state index in [0.29, 0.717) is 6.04 Å². The number of fused-ring (bicyclic) bond motifs is 1. The second-order valence-corrected chi connectivity index (χ2v) is 5.79. The first-order chi connectivity index (χ1) is 9.65. The summed E-state index contributed by atoms with van der Waals surface area (Å²) < 4.78 is 0. The maximum Gasteiger partial charge on any atom is 0.253 e. The molecule has 1 saturated heterocycles. The summed E-state index contributed by atoms with van der Waals surface area (Å²) in [6.45, 7) is 1.69. The number of likely N-dealkylation sites (tertiary alicyclic amines) is 1. The predicted molar refractivity (Wildman–Crippen MR) is 80.9 cm³/mol. The van der Waals surface area contributed by atoms with E-state index in [0.717, 1.165) is 36.0 Å². The van der Waals surface area contributed by atoms with Crippen LogP contribution in [0.3, 0.4) is 0 Å². The Bertz CT molecular complexity index is 617. The fourth-order valence-electron chi connectivity index (χ4n) is 2.92. The van der Waals surface area contributed by atoms with Crippen molar-refractivity contribution in [1.82, 2.24) is 14.8 Å². The molecular weight excluding hydrogens is 250 g/mol. The monoisotopic (exact) mass is 271 g/mol. The Kier molecular flexibility index (Phi) is 3.49. The fraction of sp³-hybridized carbons (Fsp3) is 0.438. The minimum absolute atomic E-state index is 0.146. The first kappa shape index (κ1) is 13.2. The van der Waals surface area contributed by atoms with Gasteiger partial charge >= 0.3 is 0 Å². The average molecular weight is 271 g/mol. The van der Waals surface area contributed by atoms with Crippen LogP contribution in [0, 0.1) is 0 Å². The van der Waals surface area contributed by atoms with Crippen LogP contribution in [0.2, 0.25) is 0 Å². The van der Waals surface area contributed by atoms with Crippen molar-refractivity contribution in [2.45, 2.75) is 18.9 Å². The Morgan fingerprint density at radius 2 is 2.20 bits per heavy atom. The largest absolute Gasteiger partial charge is 0.361 e. The van der Waals surface area contributed by atoms with Crippen molar-refractivity contribution >= 4 is 16.8 Å². The molecule has 2 aromatic rings. The molecule has 4 heteroatoms. The van der Waals surface area contributed by atoms with Crippen molar-refractivity contribution in [3.05, 3.63) is 36.0 Å². The van der Waals surface area contributed by atoms with E-state index in [4.69, 9.17) is 0 Å². The standard InChI is InChI=1S/C16H21N3O/c1-18(2)14-4-3-9-19(11-14)16(20)13-6-5-12-7-8-17-15(12)10-13/h5-8,10,14,17H,3-4,9,11H2,1-2H3. The van der Waals surface area contributed by atoms with Gasteiger partial charge in [0, 0.05) is 36.4 Å². The van der Waals surface area contributed by atoms with Gasteiger partial charge in [0.15, 0.2) is 0 Å². The van der Waals surface area contributed by atoms with Gasteiger partial charge < -0.3 is 14.8 Å². The zero-order valence-electron chi connectivity index (χ0n) is 12.1. The highest BCUT2D eigenvalue weighted by Crippen LogP contribution is 2.19. The van der Waals surface area contributed by atoms with E-state index in [1.54, 1.807) is 0 Å². The predicted octanol–water partition coefficient (Wildman–Crippen LogP) is 2.33. The molecule has 106 valence electrons. The highest BCUT2D eigenvalue weighted by Gasteiger charge is 2.25. The number of rotatable bonds is 2. The van der Waals surface area contributed by atoms with Gasteiger partial charge in [0.05, 0.1) is 0 Å². The first-order valence-corrected chi connectivity index (χ1v) is 7.18. The Morgan fingerprint density at radius 3 is 3.00 bits per heavy atom. The summed E-state index contributed by atoms with van der Waals surface area (Å²) in [6.07, 6.45) is 4.16. The number of hydrogen-bond acceptors (Lipinski definition) is 2. The van der Waals surface area contributed by atoms with E-state index in [1.807, 2.05) is 35.4 Å². The lowest BCUT2D eigenvalue weighted by molar-refractivity contribution is 0.0635. The van der Waals surface area contributed by atoms with E-state index in [2.05, 4.69) is 24.0 Å². The molecule has 3 rings (SSSR count). The highest BCUT2D eigenvalue weighted by atomic mass is 16.2. The Hall–Kier alpha value is -1.81. The van der Waals surface area contributed by atoms with Gasteiger partial charge in [-0.05, 0) is 50.5 Å². The maximum atomic E-state index is 12.6. The van der Waals surface area contributed by atoms with Crippen molar-refractivity contribution in [2.24, 2.45) is 0 Å². The molecule has 0 bridgehead atoms. The van der Waals surface area contributed by atoms with Gasteiger partial charge in [0.2, 0.25) is 0 Å². The third kappa shape index (κ3) is 2.43. The molecule has 4 nitrogen and oxygen atoms in total. The Labute approximate surface area is 119 Å². The summed E-state index contributed by atoms with van der Waals surface area (Å²) in [5.41, 5.74) is 1.80. The lowest BCUT2D eigenvalue weighted by atomic mass is 10.0. The number of amides is 1. The molecule has 1 amide bonds. The van der Waals surface area contributed by atoms with Gasteiger partial charge in [-0.2, -0.15) is 0 Å². The average Bonchev–Trinajstić information content (AvgIpc) is 2.94.